The Hall–Kier alpha value is -11.7. The van der Waals surface area contributed by atoms with Gasteiger partial charge in [0.1, 0.15) is 0 Å². The number of hydrogen-bond donors (Lipinski definition) is 0. The molecule has 0 aliphatic carbocycles. The van der Waals surface area contributed by atoms with Crippen LogP contribution in [-0.4, -0.2) is 0 Å². The van der Waals surface area contributed by atoms with Crippen LogP contribution >= 0.6 is 0 Å². The van der Waals surface area contributed by atoms with Gasteiger partial charge in [-0.15, -0.1) is 0 Å². The lowest BCUT2D eigenvalue weighted by Gasteiger charge is -2.19. The molecule has 416 valence electrons. The molecule has 0 nitrogen and oxygen atoms in total. The molecular formula is C90H56. The standard InChI is InChI=1S/C90H56/c1-5-13-69-49-73(37-33-57(69)9-1)61-17-25-65(26-18-61)77-41-45-81-82-46-42-79(67-29-21-63(22-30-67)75-39-35-59-11-3-7-15-71(59)51-75)55-87(82)90-88-56-80(68-31-23-64(24-32-68)76-40-36-60-12-4-8-16-72(60)52-76)44-48-84(88)83-47-43-78(54-86(83)89(90)85(81)53-77)66-27-19-62(20-28-66)74-38-34-58-10-2-6-14-70(58)50-74/h1-56H. The van der Waals surface area contributed by atoms with Crippen molar-refractivity contribution in [3.63, 3.8) is 0 Å². The maximum Gasteiger partial charge on any atom is -0.00134 e. The predicted octanol–water partition coefficient (Wildman–Crippen LogP) is 25.4. The van der Waals surface area contributed by atoms with Crippen LogP contribution in [-0.2, 0) is 0 Å². The fourth-order valence-corrected chi connectivity index (χ4v) is 14.4. The van der Waals surface area contributed by atoms with Crippen LogP contribution in [0.15, 0.2) is 340 Å². The molecule has 0 aromatic heterocycles. The number of benzene rings is 18. The van der Waals surface area contributed by atoms with Crippen molar-refractivity contribution in [1.82, 2.24) is 0 Å². The van der Waals surface area contributed by atoms with E-state index >= 15 is 0 Å². The molecule has 18 rings (SSSR count). The Morgan fingerprint density at radius 3 is 0.456 bits per heavy atom. The van der Waals surface area contributed by atoms with Crippen molar-refractivity contribution in [2.24, 2.45) is 0 Å². The molecular weight excluding hydrogens is 1080 g/mol. The topological polar surface area (TPSA) is 0 Å². The Labute approximate surface area is 522 Å². The Morgan fingerprint density at radius 2 is 0.256 bits per heavy atom. The quantitative estimate of drug-likeness (QED) is 0.133. The molecule has 18 aromatic carbocycles. The van der Waals surface area contributed by atoms with Crippen molar-refractivity contribution in [1.29, 1.82) is 0 Å². The van der Waals surface area contributed by atoms with Crippen LogP contribution in [0, 0.1) is 0 Å². The first-order valence-electron chi connectivity index (χ1n) is 31.2. The van der Waals surface area contributed by atoms with Crippen LogP contribution < -0.4 is 0 Å². The van der Waals surface area contributed by atoms with Gasteiger partial charge in [-0.1, -0.05) is 291 Å². The number of hydrogen-bond acceptors (Lipinski definition) is 0. The van der Waals surface area contributed by atoms with E-state index in [0.29, 0.717) is 0 Å². The summed E-state index contributed by atoms with van der Waals surface area (Å²) in [7, 11) is 0. The van der Waals surface area contributed by atoms with E-state index in [9.17, 15) is 0 Å². The van der Waals surface area contributed by atoms with E-state index in [0.717, 1.165) is 0 Å². The van der Waals surface area contributed by atoms with Gasteiger partial charge in [0.2, 0.25) is 0 Å². The zero-order valence-electron chi connectivity index (χ0n) is 49.3. The average molecular weight is 1140 g/mol. The number of fused-ring (bicyclic) bond motifs is 15. The first-order chi connectivity index (χ1) is 44.5. The lowest BCUT2D eigenvalue weighted by molar-refractivity contribution is 1.61. The smallest absolute Gasteiger partial charge is 0.00134 e. The lowest BCUT2D eigenvalue weighted by Crippen LogP contribution is -1.92. The van der Waals surface area contributed by atoms with Gasteiger partial charge in [-0.25, -0.2) is 0 Å². The van der Waals surface area contributed by atoms with Crippen LogP contribution in [0.5, 0.6) is 0 Å². The molecule has 0 heteroatoms. The van der Waals surface area contributed by atoms with E-state index in [1.165, 1.54) is 186 Å². The second kappa shape index (κ2) is 21.0. The molecule has 0 spiro atoms. The Bertz CT molecular complexity index is 5180. The number of rotatable bonds is 8. The molecule has 0 heterocycles. The lowest BCUT2D eigenvalue weighted by atomic mass is 9.84. The van der Waals surface area contributed by atoms with Crippen LogP contribution in [0.4, 0.5) is 0 Å². The first-order valence-corrected chi connectivity index (χ1v) is 31.2. The molecule has 0 fully saturated rings. The molecule has 0 radical (unpaired) electrons. The third-order valence-corrected chi connectivity index (χ3v) is 19.2. The van der Waals surface area contributed by atoms with Gasteiger partial charge in [0, 0.05) is 0 Å². The largest absolute Gasteiger partial charge is 0.0616 e. The van der Waals surface area contributed by atoms with Gasteiger partial charge in [-0.3, -0.25) is 0 Å². The highest BCUT2D eigenvalue weighted by Crippen LogP contribution is 2.48. The van der Waals surface area contributed by atoms with Gasteiger partial charge in [0.05, 0.1) is 0 Å². The highest BCUT2D eigenvalue weighted by molar-refractivity contribution is 6.40. The van der Waals surface area contributed by atoms with E-state index in [1.807, 2.05) is 0 Å². The van der Waals surface area contributed by atoms with E-state index in [4.69, 9.17) is 0 Å². The van der Waals surface area contributed by atoms with Crippen LogP contribution in [0.2, 0.25) is 0 Å². The summed E-state index contributed by atoms with van der Waals surface area (Å²) in [6, 6.07) is 127. The SMILES string of the molecule is c1ccc2cc(-c3ccc(-c4ccc5c6ccc(-c7ccc(-c8ccc9ccccc9c8)cc7)cc6c6c7cc(-c8ccc(-c9ccc%10ccccc%10c9)cc8)ccc7c7ccc(-c8ccc(-c9ccc%10ccccc%10c9)cc8)cc7c6c5c4)cc3)ccc2c1. The highest BCUT2D eigenvalue weighted by atomic mass is 14.2. The summed E-state index contributed by atoms with van der Waals surface area (Å²) in [5, 5.41) is 22.4. The molecule has 0 N–H and O–H groups in total. The van der Waals surface area contributed by atoms with Crippen molar-refractivity contribution in [3.05, 3.63) is 340 Å². The van der Waals surface area contributed by atoms with E-state index < -0.39 is 0 Å². The molecule has 0 amide bonds. The summed E-state index contributed by atoms with van der Waals surface area (Å²) in [4.78, 5) is 0. The minimum atomic E-state index is 1.18. The summed E-state index contributed by atoms with van der Waals surface area (Å²) in [6.45, 7) is 0. The van der Waals surface area contributed by atoms with E-state index in [2.05, 4.69) is 340 Å². The van der Waals surface area contributed by atoms with Gasteiger partial charge in [-0.2, -0.15) is 0 Å². The summed E-state index contributed by atoms with van der Waals surface area (Å²) in [6.07, 6.45) is 0. The summed E-state index contributed by atoms with van der Waals surface area (Å²) >= 11 is 0. The maximum absolute atomic E-state index is 2.48. The van der Waals surface area contributed by atoms with Crippen LogP contribution in [0.25, 0.3) is 186 Å². The third kappa shape index (κ3) is 8.91. The molecule has 0 saturated heterocycles. The minimum absolute atomic E-state index is 1.18. The summed E-state index contributed by atoms with van der Waals surface area (Å²) in [5.74, 6) is 0. The molecule has 0 aliphatic heterocycles. The molecule has 0 bridgehead atoms. The van der Waals surface area contributed by atoms with Gasteiger partial charge in [0.25, 0.3) is 0 Å². The Kier molecular flexibility index (Phi) is 12.0. The van der Waals surface area contributed by atoms with Crippen molar-refractivity contribution < 1.29 is 0 Å². The van der Waals surface area contributed by atoms with Crippen molar-refractivity contribution >= 4 is 97.0 Å². The fraction of sp³-hybridized carbons (Fsp3) is 0. The fourth-order valence-electron chi connectivity index (χ4n) is 14.4. The van der Waals surface area contributed by atoms with Gasteiger partial charge < -0.3 is 0 Å². The molecule has 0 unspecified atom stereocenters. The summed E-state index contributed by atoms with van der Waals surface area (Å²) in [5.41, 5.74) is 19.2. The first kappa shape index (κ1) is 51.5. The summed E-state index contributed by atoms with van der Waals surface area (Å²) < 4.78 is 0. The Morgan fingerprint density at radius 1 is 0.100 bits per heavy atom. The molecule has 0 atom stereocenters. The molecule has 0 aliphatic rings. The zero-order valence-corrected chi connectivity index (χ0v) is 49.3. The average Bonchev–Trinajstić information content (AvgIpc) is 0.743. The second-order valence-electron chi connectivity index (χ2n) is 24.3. The van der Waals surface area contributed by atoms with Gasteiger partial charge >= 0.3 is 0 Å². The molecule has 90 heavy (non-hydrogen) atoms. The normalized spacial score (nSPS) is 11.8. The van der Waals surface area contributed by atoms with Crippen molar-refractivity contribution in [2.75, 3.05) is 0 Å². The zero-order chi connectivity index (χ0) is 59.2. The Balaban J connectivity index is 0.851. The maximum atomic E-state index is 2.48. The van der Waals surface area contributed by atoms with E-state index in [1.54, 1.807) is 0 Å². The molecule has 18 aromatic rings. The third-order valence-electron chi connectivity index (χ3n) is 19.2. The van der Waals surface area contributed by atoms with Gasteiger partial charge in [-0.05, 0) is 234 Å². The van der Waals surface area contributed by atoms with Crippen molar-refractivity contribution in [2.45, 2.75) is 0 Å². The monoisotopic (exact) mass is 1140 g/mol. The van der Waals surface area contributed by atoms with Crippen LogP contribution in [0.3, 0.4) is 0 Å². The highest BCUT2D eigenvalue weighted by Gasteiger charge is 2.20. The van der Waals surface area contributed by atoms with Crippen molar-refractivity contribution in [3.8, 4) is 89.0 Å². The van der Waals surface area contributed by atoms with Gasteiger partial charge in [0.15, 0.2) is 0 Å². The second-order valence-corrected chi connectivity index (χ2v) is 24.3. The minimum Gasteiger partial charge on any atom is -0.0616 e. The predicted molar refractivity (Wildman–Crippen MR) is 387 cm³/mol. The molecule has 0 saturated carbocycles. The van der Waals surface area contributed by atoms with Crippen LogP contribution in [0.1, 0.15) is 0 Å². The van der Waals surface area contributed by atoms with E-state index in [-0.39, 0.29) is 0 Å².